The van der Waals surface area contributed by atoms with E-state index in [2.05, 4.69) is 34.5 Å². The van der Waals surface area contributed by atoms with Crippen LogP contribution in [-0.2, 0) is 11.2 Å². The fourth-order valence-electron chi connectivity index (χ4n) is 3.11. The average molecular weight is 507 g/mol. The molecule has 0 aliphatic carbocycles. The molecule has 8 heteroatoms. The molecule has 1 aromatic rings. The number of carbonyl (C=O) groups excluding carboxylic acids is 1. The molecular formula is C19H34IN5OS. The van der Waals surface area contributed by atoms with Crippen molar-refractivity contribution in [1.82, 2.24) is 20.5 Å². The van der Waals surface area contributed by atoms with Crippen LogP contribution in [0.15, 0.2) is 4.99 Å². The number of likely N-dealkylation sites (tertiary alicyclic amines) is 1. The predicted octanol–water partition coefficient (Wildman–Crippen LogP) is 3.12. The van der Waals surface area contributed by atoms with Crippen molar-refractivity contribution in [2.75, 3.05) is 32.7 Å². The van der Waals surface area contributed by atoms with Crippen LogP contribution in [0.2, 0.25) is 0 Å². The zero-order valence-corrected chi connectivity index (χ0v) is 20.2. The number of hydrogen-bond donors (Lipinski definition) is 2. The second-order valence-corrected chi connectivity index (χ2v) is 8.31. The zero-order valence-electron chi connectivity index (χ0n) is 17.0. The van der Waals surface area contributed by atoms with Gasteiger partial charge in [-0.3, -0.25) is 9.79 Å². The second kappa shape index (κ2) is 12.5. The number of thiazole rings is 1. The summed E-state index contributed by atoms with van der Waals surface area (Å²) in [6.07, 6.45) is 3.72. The third-order valence-electron chi connectivity index (χ3n) is 4.65. The minimum atomic E-state index is 0. The van der Waals surface area contributed by atoms with E-state index in [9.17, 15) is 4.79 Å². The lowest BCUT2D eigenvalue weighted by atomic mass is 10.00. The van der Waals surface area contributed by atoms with Gasteiger partial charge in [-0.2, -0.15) is 0 Å². The molecule has 1 aliphatic heterocycles. The highest BCUT2D eigenvalue weighted by Gasteiger charge is 2.20. The Morgan fingerprint density at radius 2 is 2.15 bits per heavy atom. The lowest BCUT2D eigenvalue weighted by molar-refractivity contribution is -0.132. The summed E-state index contributed by atoms with van der Waals surface area (Å²) in [7, 11) is 0. The standard InChI is InChI=1S/C19H33N5OS.HI/c1-5-20-19(21-10-8-17-23-15(3)16(4)26-17)22-11-9-18(25)24-12-6-7-14(2)13-24;/h14H,5-13H2,1-4H3,(H2,20,21,22);1H. The molecule has 2 rings (SSSR count). The third kappa shape index (κ3) is 8.33. The summed E-state index contributed by atoms with van der Waals surface area (Å²) >= 11 is 1.75. The molecule has 2 N–H and O–H groups in total. The van der Waals surface area contributed by atoms with Crippen LogP contribution in [0.3, 0.4) is 0 Å². The molecule has 1 aliphatic rings. The Kier molecular flexibility index (Phi) is 11.2. The van der Waals surface area contributed by atoms with Gasteiger partial charge in [0, 0.05) is 50.4 Å². The molecule has 0 aromatic carbocycles. The summed E-state index contributed by atoms with van der Waals surface area (Å²) in [5.74, 6) is 1.64. The first-order chi connectivity index (χ1) is 12.5. The number of carbonyl (C=O) groups is 1. The van der Waals surface area contributed by atoms with Crippen molar-refractivity contribution in [3.8, 4) is 0 Å². The van der Waals surface area contributed by atoms with Crippen LogP contribution in [0, 0.1) is 19.8 Å². The van der Waals surface area contributed by atoms with E-state index in [1.165, 1.54) is 11.3 Å². The van der Waals surface area contributed by atoms with Crippen molar-refractivity contribution in [3.63, 3.8) is 0 Å². The summed E-state index contributed by atoms with van der Waals surface area (Å²) in [5.41, 5.74) is 1.12. The maximum absolute atomic E-state index is 12.3. The molecule has 1 fully saturated rings. The number of aryl methyl sites for hydroxylation is 2. The van der Waals surface area contributed by atoms with E-state index >= 15 is 0 Å². The first kappa shape index (κ1) is 24.1. The minimum Gasteiger partial charge on any atom is -0.357 e. The van der Waals surface area contributed by atoms with Gasteiger partial charge in [0.1, 0.15) is 0 Å². The molecule has 1 amide bonds. The summed E-state index contributed by atoms with van der Waals surface area (Å²) in [6, 6.07) is 0. The number of aromatic nitrogens is 1. The molecule has 27 heavy (non-hydrogen) atoms. The molecule has 1 aromatic heterocycles. The molecular weight excluding hydrogens is 473 g/mol. The highest BCUT2D eigenvalue weighted by molar-refractivity contribution is 14.0. The number of hydrogen-bond acceptors (Lipinski definition) is 4. The van der Waals surface area contributed by atoms with Gasteiger partial charge in [0.25, 0.3) is 0 Å². The van der Waals surface area contributed by atoms with Crippen LogP contribution < -0.4 is 10.6 Å². The van der Waals surface area contributed by atoms with Gasteiger partial charge in [0.2, 0.25) is 5.91 Å². The predicted molar refractivity (Wildman–Crippen MR) is 124 cm³/mol. The van der Waals surface area contributed by atoms with E-state index in [0.29, 0.717) is 25.4 Å². The van der Waals surface area contributed by atoms with Gasteiger partial charge in [-0.05, 0) is 39.5 Å². The maximum atomic E-state index is 12.3. The van der Waals surface area contributed by atoms with Gasteiger partial charge in [0.15, 0.2) is 5.96 Å². The zero-order chi connectivity index (χ0) is 18.9. The lowest BCUT2D eigenvalue weighted by Gasteiger charge is -2.31. The SMILES string of the molecule is CCNC(=NCCc1nc(C)c(C)s1)NCCC(=O)N1CCCC(C)C1.I. The Labute approximate surface area is 184 Å². The number of aliphatic imine (C=N–C) groups is 1. The van der Waals surface area contributed by atoms with Crippen LogP contribution in [0.5, 0.6) is 0 Å². The molecule has 0 saturated carbocycles. The summed E-state index contributed by atoms with van der Waals surface area (Å²) in [4.78, 5) is 24.8. The topological polar surface area (TPSA) is 69.6 Å². The molecule has 1 atom stereocenters. The summed E-state index contributed by atoms with van der Waals surface area (Å²) in [6.45, 7) is 12.3. The number of nitrogens with zero attached hydrogens (tertiary/aromatic N) is 3. The van der Waals surface area contributed by atoms with E-state index in [1.807, 2.05) is 18.7 Å². The number of piperidine rings is 1. The van der Waals surface area contributed by atoms with E-state index in [4.69, 9.17) is 0 Å². The third-order valence-corrected chi connectivity index (χ3v) is 5.79. The fraction of sp³-hybridized carbons (Fsp3) is 0.737. The normalized spacial score (nSPS) is 17.4. The number of guanidine groups is 1. The minimum absolute atomic E-state index is 0. The Morgan fingerprint density at radius 3 is 2.78 bits per heavy atom. The molecule has 0 radical (unpaired) electrons. The van der Waals surface area contributed by atoms with E-state index in [0.717, 1.165) is 49.1 Å². The van der Waals surface area contributed by atoms with E-state index in [-0.39, 0.29) is 29.9 Å². The second-order valence-electron chi connectivity index (χ2n) is 7.02. The number of halogens is 1. The van der Waals surface area contributed by atoms with Crippen LogP contribution in [-0.4, -0.2) is 54.5 Å². The summed E-state index contributed by atoms with van der Waals surface area (Å²) < 4.78 is 0. The van der Waals surface area contributed by atoms with Crippen molar-refractivity contribution >= 4 is 47.2 Å². The molecule has 6 nitrogen and oxygen atoms in total. The quantitative estimate of drug-likeness (QED) is 0.338. The lowest BCUT2D eigenvalue weighted by Crippen LogP contribution is -2.42. The number of nitrogens with one attached hydrogen (secondary N) is 2. The van der Waals surface area contributed by atoms with Gasteiger partial charge in [-0.15, -0.1) is 35.3 Å². The monoisotopic (exact) mass is 507 g/mol. The van der Waals surface area contributed by atoms with Gasteiger partial charge in [0.05, 0.1) is 10.7 Å². The first-order valence-corrected chi connectivity index (χ1v) is 10.5. The Balaban J connectivity index is 0.00000364. The van der Waals surface area contributed by atoms with Crippen LogP contribution in [0.4, 0.5) is 0 Å². The summed E-state index contributed by atoms with van der Waals surface area (Å²) in [5, 5.41) is 7.66. The van der Waals surface area contributed by atoms with E-state index in [1.54, 1.807) is 11.3 Å². The Bertz CT molecular complexity index is 600. The average Bonchev–Trinajstić information content (AvgIpc) is 2.92. The largest absolute Gasteiger partial charge is 0.357 e. The van der Waals surface area contributed by atoms with Crippen molar-refractivity contribution in [1.29, 1.82) is 0 Å². The van der Waals surface area contributed by atoms with Crippen molar-refractivity contribution < 1.29 is 4.79 Å². The van der Waals surface area contributed by atoms with Crippen molar-refractivity contribution in [3.05, 3.63) is 15.6 Å². The number of amides is 1. The van der Waals surface area contributed by atoms with Crippen molar-refractivity contribution in [2.24, 2.45) is 10.9 Å². The van der Waals surface area contributed by atoms with Crippen molar-refractivity contribution in [2.45, 2.75) is 53.4 Å². The first-order valence-electron chi connectivity index (χ1n) is 9.72. The molecule has 0 bridgehead atoms. The van der Waals surface area contributed by atoms with Gasteiger partial charge < -0.3 is 15.5 Å². The Hall–Kier alpha value is -0.900. The highest BCUT2D eigenvalue weighted by atomic mass is 127. The number of rotatable bonds is 7. The van der Waals surface area contributed by atoms with Crippen LogP contribution in [0.25, 0.3) is 0 Å². The smallest absolute Gasteiger partial charge is 0.224 e. The van der Waals surface area contributed by atoms with Gasteiger partial charge >= 0.3 is 0 Å². The molecule has 154 valence electrons. The molecule has 1 unspecified atom stereocenters. The van der Waals surface area contributed by atoms with Gasteiger partial charge in [-0.25, -0.2) is 4.98 Å². The van der Waals surface area contributed by atoms with Crippen LogP contribution >= 0.6 is 35.3 Å². The van der Waals surface area contributed by atoms with Gasteiger partial charge in [-0.1, -0.05) is 6.92 Å². The molecule has 0 spiro atoms. The fourth-order valence-corrected chi connectivity index (χ4v) is 4.04. The van der Waals surface area contributed by atoms with E-state index < -0.39 is 0 Å². The molecule has 2 heterocycles. The highest BCUT2D eigenvalue weighted by Crippen LogP contribution is 2.17. The van der Waals surface area contributed by atoms with Crippen LogP contribution in [0.1, 0.15) is 48.7 Å². The molecule has 1 saturated heterocycles. The maximum Gasteiger partial charge on any atom is 0.224 e. The Morgan fingerprint density at radius 1 is 1.37 bits per heavy atom.